The Morgan fingerprint density at radius 1 is 1.15 bits per heavy atom. The van der Waals surface area contributed by atoms with Crippen molar-refractivity contribution in [1.82, 2.24) is 15.3 Å². The number of benzene rings is 2. The number of anilines is 2. The van der Waals surface area contributed by atoms with Crippen LogP contribution in [0.15, 0.2) is 42.6 Å². The molecule has 8 nitrogen and oxygen atoms in total. The van der Waals surface area contributed by atoms with E-state index in [1.165, 1.54) is 24.4 Å². The van der Waals surface area contributed by atoms with Gasteiger partial charge in [0.15, 0.2) is 17.6 Å². The zero-order chi connectivity index (χ0) is 23.7. The molecule has 0 aliphatic heterocycles. The fourth-order valence-electron chi connectivity index (χ4n) is 3.07. The number of nitrogen functional groups attached to an aromatic ring is 1. The van der Waals surface area contributed by atoms with E-state index in [1.807, 2.05) is 0 Å². The number of nitrogens with zero attached hydrogens (tertiary/aromatic N) is 2. The Kier molecular flexibility index (Phi) is 6.21. The van der Waals surface area contributed by atoms with E-state index < -0.39 is 29.6 Å². The predicted octanol–water partition coefficient (Wildman–Crippen LogP) is 3.22. The first-order chi connectivity index (χ1) is 15.7. The molecule has 1 aliphatic rings. The van der Waals surface area contributed by atoms with Gasteiger partial charge in [-0.3, -0.25) is 9.59 Å². The summed E-state index contributed by atoms with van der Waals surface area (Å²) >= 11 is 6.34. The number of nitrogens with two attached hydrogens (primary N) is 1. The number of halogens is 3. The van der Waals surface area contributed by atoms with E-state index in [0.29, 0.717) is 17.3 Å². The minimum atomic E-state index is -1.80. The van der Waals surface area contributed by atoms with Crippen LogP contribution in [0.25, 0.3) is 11.3 Å². The summed E-state index contributed by atoms with van der Waals surface area (Å²) in [7, 11) is 0. The van der Waals surface area contributed by atoms with E-state index >= 15 is 0 Å². The molecule has 2 amide bonds. The van der Waals surface area contributed by atoms with Crippen LogP contribution in [-0.4, -0.2) is 32.9 Å². The molecule has 1 fully saturated rings. The molecule has 0 saturated heterocycles. The van der Waals surface area contributed by atoms with Crippen molar-refractivity contribution in [3.63, 3.8) is 0 Å². The van der Waals surface area contributed by atoms with Crippen LogP contribution >= 0.6 is 11.6 Å². The first-order valence-electron chi connectivity index (χ1n) is 9.89. The molecule has 0 unspecified atom stereocenters. The smallest absolute Gasteiger partial charge is 0.273 e. The molecule has 0 radical (unpaired) electrons. The lowest BCUT2D eigenvalue weighted by Gasteiger charge is -2.13. The van der Waals surface area contributed by atoms with Crippen molar-refractivity contribution in [1.29, 1.82) is 0 Å². The van der Waals surface area contributed by atoms with Crippen molar-refractivity contribution in [2.24, 2.45) is 0 Å². The largest absolute Gasteiger partial charge is 0.382 e. The summed E-state index contributed by atoms with van der Waals surface area (Å²) in [5.41, 5.74) is 6.48. The molecule has 1 atom stereocenters. The maximum absolute atomic E-state index is 13.4. The Morgan fingerprint density at radius 3 is 2.48 bits per heavy atom. The van der Waals surface area contributed by atoms with Gasteiger partial charge in [0.2, 0.25) is 0 Å². The van der Waals surface area contributed by atoms with Gasteiger partial charge in [-0.1, -0.05) is 11.6 Å². The highest BCUT2D eigenvalue weighted by atomic mass is 35.5. The fourth-order valence-corrected chi connectivity index (χ4v) is 3.35. The number of amides is 2. The summed E-state index contributed by atoms with van der Waals surface area (Å²) in [6.07, 6.45) is 1.37. The molecule has 0 spiro atoms. The summed E-state index contributed by atoms with van der Waals surface area (Å²) < 4.78 is 26.7. The van der Waals surface area contributed by atoms with Gasteiger partial charge in [-0.2, -0.15) is 0 Å². The molecule has 1 aliphatic carbocycles. The Hall–Kier alpha value is -3.63. The van der Waals surface area contributed by atoms with E-state index in [-0.39, 0.29) is 33.8 Å². The number of carbonyl (C=O) groups is 2. The van der Waals surface area contributed by atoms with Crippen LogP contribution in [-0.2, 0) is 4.79 Å². The number of rotatable bonds is 6. The predicted molar refractivity (Wildman–Crippen MR) is 117 cm³/mol. The summed E-state index contributed by atoms with van der Waals surface area (Å²) in [4.78, 5) is 33.0. The van der Waals surface area contributed by atoms with Gasteiger partial charge in [0.25, 0.3) is 11.8 Å². The van der Waals surface area contributed by atoms with Crippen LogP contribution in [0.5, 0.6) is 0 Å². The monoisotopic (exact) mass is 473 g/mol. The van der Waals surface area contributed by atoms with Gasteiger partial charge in [0.05, 0.1) is 16.9 Å². The standard InChI is InChI=1S/C22H18ClF2N5O3/c23-16-8-14(29-22(33)19(31)10-5-11(24)7-12(25)6-10)3-4-15(16)17-9-27-20(26)18(30-17)21(32)28-13-1-2-13/h3-9,13,19,31H,1-2H2,(H2,26,27)(H,28,32)(H,29,33)/t19-/m0/s1. The average molecular weight is 474 g/mol. The number of aliphatic hydroxyl groups excluding tert-OH is 1. The summed E-state index contributed by atoms with van der Waals surface area (Å²) in [6.45, 7) is 0. The molecule has 1 saturated carbocycles. The van der Waals surface area contributed by atoms with E-state index in [9.17, 15) is 23.5 Å². The molecular weight excluding hydrogens is 456 g/mol. The summed E-state index contributed by atoms with van der Waals surface area (Å²) in [5.74, 6) is -3.18. The highest BCUT2D eigenvalue weighted by Gasteiger charge is 2.26. The molecular formula is C22H18ClF2N5O3. The van der Waals surface area contributed by atoms with Crippen molar-refractivity contribution in [3.8, 4) is 11.3 Å². The Labute approximate surface area is 191 Å². The summed E-state index contributed by atoms with van der Waals surface area (Å²) in [5, 5.41) is 15.5. The van der Waals surface area contributed by atoms with Gasteiger partial charge in [-0.25, -0.2) is 18.7 Å². The van der Waals surface area contributed by atoms with E-state index in [4.69, 9.17) is 17.3 Å². The topological polar surface area (TPSA) is 130 Å². The van der Waals surface area contributed by atoms with E-state index in [1.54, 1.807) is 0 Å². The van der Waals surface area contributed by atoms with Gasteiger partial charge in [-0.15, -0.1) is 0 Å². The van der Waals surface area contributed by atoms with Crippen LogP contribution in [0.1, 0.15) is 35.0 Å². The molecule has 1 aromatic heterocycles. The van der Waals surface area contributed by atoms with Crippen molar-refractivity contribution >= 4 is 34.9 Å². The van der Waals surface area contributed by atoms with Crippen LogP contribution in [0.4, 0.5) is 20.3 Å². The first-order valence-corrected chi connectivity index (χ1v) is 10.3. The molecule has 33 heavy (non-hydrogen) atoms. The number of aromatic nitrogens is 2. The van der Waals surface area contributed by atoms with Gasteiger partial charge < -0.3 is 21.5 Å². The average Bonchev–Trinajstić information content (AvgIpc) is 3.57. The number of hydrogen-bond acceptors (Lipinski definition) is 6. The van der Waals surface area contributed by atoms with Crippen molar-refractivity contribution in [3.05, 3.63) is 70.5 Å². The Morgan fingerprint density at radius 2 is 1.85 bits per heavy atom. The summed E-state index contributed by atoms with van der Waals surface area (Å²) in [6, 6.07) is 6.89. The number of aliphatic hydroxyl groups is 1. The second kappa shape index (κ2) is 9.08. The van der Waals surface area contributed by atoms with Crippen LogP contribution in [0.3, 0.4) is 0 Å². The normalized spacial score (nSPS) is 13.9. The van der Waals surface area contributed by atoms with Gasteiger partial charge in [0, 0.05) is 23.4 Å². The zero-order valence-corrected chi connectivity index (χ0v) is 17.7. The highest BCUT2D eigenvalue weighted by Crippen LogP contribution is 2.30. The molecule has 170 valence electrons. The van der Waals surface area contributed by atoms with Crippen LogP contribution in [0, 0.1) is 11.6 Å². The SMILES string of the molecule is Nc1ncc(-c2ccc(NC(=O)[C@@H](O)c3cc(F)cc(F)c3)cc2Cl)nc1C(=O)NC1CC1. The molecule has 3 aromatic rings. The second-order valence-corrected chi connectivity index (χ2v) is 7.93. The van der Waals surface area contributed by atoms with Crippen molar-refractivity contribution in [2.75, 3.05) is 11.1 Å². The van der Waals surface area contributed by atoms with Crippen molar-refractivity contribution in [2.45, 2.75) is 25.0 Å². The Balaban J connectivity index is 1.52. The lowest BCUT2D eigenvalue weighted by molar-refractivity contribution is -0.124. The molecule has 11 heteroatoms. The maximum Gasteiger partial charge on any atom is 0.273 e. The molecule has 4 rings (SSSR count). The fraction of sp³-hybridized carbons (Fsp3) is 0.182. The maximum atomic E-state index is 13.4. The molecule has 0 bridgehead atoms. The van der Waals surface area contributed by atoms with Gasteiger partial charge in [0.1, 0.15) is 11.6 Å². The number of nitrogens with one attached hydrogen (secondary N) is 2. The number of hydrogen-bond donors (Lipinski definition) is 4. The van der Waals surface area contributed by atoms with Crippen molar-refractivity contribution < 1.29 is 23.5 Å². The zero-order valence-electron chi connectivity index (χ0n) is 17.0. The highest BCUT2D eigenvalue weighted by molar-refractivity contribution is 6.33. The second-order valence-electron chi connectivity index (χ2n) is 7.53. The van der Waals surface area contributed by atoms with Gasteiger partial charge in [-0.05, 0) is 48.7 Å². The van der Waals surface area contributed by atoms with E-state index in [0.717, 1.165) is 25.0 Å². The number of carbonyl (C=O) groups excluding carboxylic acids is 2. The minimum absolute atomic E-state index is 0.0142. The van der Waals surface area contributed by atoms with E-state index in [2.05, 4.69) is 20.6 Å². The third-order valence-corrected chi connectivity index (χ3v) is 5.20. The first kappa shape index (κ1) is 22.6. The van der Waals surface area contributed by atoms with Gasteiger partial charge >= 0.3 is 0 Å². The van der Waals surface area contributed by atoms with Crippen LogP contribution in [0.2, 0.25) is 5.02 Å². The molecule has 2 aromatic carbocycles. The Bertz CT molecular complexity index is 1230. The third-order valence-electron chi connectivity index (χ3n) is 4.89. The molecule has 1 heterocycles. The quantitative estimate of drug-likeness (QED) is 0.435. The lowest BCUT2D eigenvalue weighted by atomic mass is 10.1. The molecule has 5 N–H and O–H groups in total. The minimum Gasteiger partial charge on any atom is -0.382 e. The third kappa shape index (κ3) is 5.24. The van der Waals surface area contributed by atoms with Crippen LogP contribution < -0.4 is 16.4 Å². The lowest BCUT2D eigenvalue weighted by Crippen LogP contribution is -2.27.